The fourth-order valence-electron chi connectivity index (χ4n) is 1.29. The normalized spacial score (nSPS) is 10.9. The lowest BCUT2D eigenvalue weighted by atomic mass is 9.95. The molecule has 2 amide bonds. The molecule has 0 bridgehead atoms. The lowest BCUT2D eigenvalue weighted by molar-refractivity contribution is -0.127. The van der Waals surface area contributed by atoms with Crippen molar-refractivity contribution in [2.24, 2.45) is 5.41 Å². The molecule has 1 N–H and O–H groups in total. The summed E-state index contributed by atoms with van der Waals surface area (Å²) in [7, 11) is 0. The van der Waals surface area contributed by atoms with Crippen LogP contribution in [0.25, 0.3) is 0 Å². The van der Waals surface area contributed by atoms with Crippen LogP contribution < -0.4 is 10.1 Å². The van der Waals surface area contributed by atoms with Gasteiger partial charge in [-0.05, 0) is 19.1 Å². The van der Waals surface area contributed by atoms with E-state index in [4.69, 9.17) is 4.74 Å². The number of carbonyl (C=O) groups excluding carboxylic acids is 2. The summed E-state index contributed by atoms with van der Waals surface area (Å²) in [5.41, 5.74) is -0.229. The average molecular weight is 249 g/mol. The molecule has 0 aliphatic heterocycles. The monoisotopic (exact) mass is 249 g/mol. The van der Waals surface area contributed by atoms with E-state index < -0.39 is 11.3 Å². The van der Waals surface area contributed by atoms with Crippen LogP contribution in [-0.4, -0.2) is 18.4 Å². The standard InChI is InChI=1S/C14H19NO3/c1-5-18-11-9-7-6-8-10(11)12(16)15-13(17)14(2,3)4/h6-9H,5H2,1-4H3,(H,15,16,17). The highest BCUT2D eigenvalue weighted by atomic mass is 16.5. The third-order valence-electron chi connectivity index (χ3n) is 2.34. The Hall–Kier alpha value is -1.84. The third kappa shape index (κ3) is 3.58. The molecule has 4 heteroatoms. The Kier molecular flexibility index (Phi) is 4.48. The molecule has 0 aliphatic rings. The number of nitrogens with one attached hydrogen (secondary N) is 1. The number of imide groups is 1. The van der Waals surface area contributed by atoms with Gasteiger partial charge in [0.1, 0.15) is 5.75 Å². The molecular weight excluding hydrogens is 230 g/mol. The molecule has 1 aromatic rings. The second-order valence-corrected chi connectivity index (χ2v) is 4.96. The molecule has 1 rings (SSSR count). The molecule has 1 aromatic carbocycles. The summed E-state index contributed by atoms with van der Waals surface area (Å²) in [6.45, 7) is 7.57. The Bertz CT molecular complexity index is 447. The second kappa shape index (κ2) is 5.67. The highest BCUT2D eigenvalue weighted by molar-refractivity contribution is 6.07. The molecule has 0 aliphatic carbocycles. The van der Waals surface area contributed by atoms with Gasteiger partial charge < -0.3 is 4.74 Å². The van der Waals surface area contributed by atoms with Crippen molar-refractivity contribution in [1.29, 1.82) is 0 Å². The topological polar surface area (TPSA) is 55.4 Å². The lowest BCUT2D eigenvalue weighted by Crippen LogP contribution is -2.39. The first kappa shape index (κ1) is 14.2. The zero-order valence-corrected chi connectivity index (χ0v) is 11.2. The first-order valence-electron chi connectivity index (χ1n) is 5.94. The molecule has 0 saturated heterocycles. The van der Waals surface area contributed by atoms with Crippen molar-refractivity contribution in [2.45, 2.75) is 27.7 Å². The largest absolute Gasteiger partial charge is 0.493 e. The number of ether oxygens (including phenoxy) is 1. The SMILES string of the molecule is CCOc1ccccc1C(=O)NC(=O)C(C)(C)C. The highest BCUT2D eigenvalue weighted by Gasteiger charge is 2.24. The molecule has 0 atom stereocenters. The number of amides is 2. The molecule has 0 fully saturated rings. The molecule has 0 saturated carbocycles. The van der Waals surface area contributed by atoms with Gasteiger partial charge in [-0.15, -0.1) is 0 Å². The fourth-order valence-corrected chi connectivity index (χ4v) is 1.29. The molecular formula is C14H19NO3. The zero-order chi connectivity index (χ0) is 13.8. The van der Waals surface area contributed by atoms with E-state index >= 15 is 0 Å². The van der Waals surface area contributed by atoms with Gasteiger partial charge in [0.25, 0.3) is 5.91 Å². The summed E-state index contributed by atoms with van der Waals surface area (Å²) in [5, 5.41) is 2.38. The van der Waals surface area contributed by atoms with E-state index in [0.29, 0.717) is 17.9 Å². The molecule has 18 heavy (non-hydrogen) atoms. The minimum absolute atomic E-state index is 0.307. The summed E-state index contributed by atoms with van der Waals surface area (Å²) < 4.78 is 5.35. The van der Waals surface area contributed by atoms with Crippen molar-refractivity contribution < 1.29 is 14.3 Å². The van der Waals surface area contributed by atoms with Crippen LogP contribution in [0.5, 0.6) is 5.75 Å². The van der Waals surface area contributed by atoms with Crippen molar-refractivity contribution in [3.8, 4) is 5.75 Å². The van der Waals surface area contributed by atoms with Crippen LogP contribution >= 0.6 is 0 Å². The predicted octanol–water partition coefficient (Wildman–Crippen LogP) is 2.39. The fraction of sp³-hybridized carbons (Fsp3) is 0.429. The minimum Gasteiger partial charge on any atom is -0.493 e. The van der Waals surface area contributed by atoms with Gasteiger partial charge in [0.05, 0.1) is 12.2 Å². The molecule has 0 spiro atoms. The summed E-state index contributed by atoms with van der Waals surface area (Å²) in [5.74, 6) is -0.253. The van der Waals surface area contributed by atoms with Gasteiger partial charge in [0.2, 0.25) is 5.91 Å². The van der Waals surface area contributed by atoms with Crippen LogP contribution in [0.3, 0.4) is 0 Å². The molecule has 0 unspecified atom stereocenters. The Morgan fingerprint density at radius 3 is 2.39 bits per heavy atom. The van der Waals surface area contributed by atoms with Crippen molar-refractivity contribution in [3.05, 3.63) is 29.8 Å². The van der Waals surface area contributed by atoms with E-state index in [0.717, 1.165) is 0 Å². The van der Waals surface area contributed by atoms with Crippen molar-refractivity contribution in [3.63, 3.8) is 0 Å². The number of hydrogen-bond donors (Lipinski definition) is 1. The van der Waals surface area contributed by atoms with Crippen LogP contribution in [0, 0.1) is 5.41 Å². The molecule has 0 radical (unpaired) electrons. The highest BCUT2D eigenvalue weighted by Crippen LogP contribution is 2.19. The molecule has 4 nitrogen and oxygen atoms in total. The number of carbonyl (C=O) groups is 2. The average Bonchev–Trinajstić information content (AvgIpc) is 2.28. The van der Waals surface area contributed by atoms with E-state index in [2.05, 4.69) is 5.32 Å². The van der Waals surface area contributed by atoms with Gasteiger partial charge in [-0.3, -0.25) is 14.9 Å². The lowest BCUT2D eigenvalue weighted by Gasteiger charge is -2.17. The summed E-state index contributed by atoms with van der Waals surface area (Å²) >= 11 is 0. The number of para-hydroxylation sites is 1. The molecule has 0 aromatic heterocycles. The van der Waals surface area contributed by atoms with Gasteiger partial charge in [0.15, 0.2) is 0 Å². The van der Waals surface area contributed by atoms with Crippen LogP contribution in [0.1, 0.15) is 38.1 Å². The molecule has 98 valence electrons. The van der Waals surface area contributed by atoms with Crippen LogP contribution in [-0.2, 0) is 4.79 Å². The second-order valence-electron chi connectivity index (χ2n) is 4.96. The number of benzene rings is 1. The summed E-state index contributed by atoms with van der Waals surface area (Å²) in [6, 6.07) is 6.86. The summed E-state index contributed by atoms with van der Waals surface area (Å²) in [6.07, 6.45) is 0. The van der Waals surface area contributed by atoms with Crippen molar-refractivity contribution in [1.82, 2.24) is 5.32 Å². The first-order chi connectivity index (χ1) is 8.36. The maximum Gasteiger partial charge on any atom is 0.261 e. The maximum absolute atomic E-state index is 12.0. The van der Waals surface area contributed by atoms with Crippen molar-refractivity contribution in [2.75, 3.05) is 6.61 Å². The maximum atomic E-state index is 12.0. The summed E-state index contributed by atoms with van der Waals surface area (Å²) in [4.78, 5) is 23.7. The number of rotatable bonds is 3. The van der Waals surface area contributed by atoms with Gasteiger partial charge in [-0.2, -0.15) is 0 Å². The van der Waals surface area contributed by atoms with E-state index in [1.165, 1.54) is 0 Å². The van der Waals surface area contributed by atoms with Crippen LogP contribution in [0.2, 0.25) is 0 Å². The Morgan fingerprint density at radius 2 is 1.83 bits per heavy atom. The van der Waals surface area contributed by atoms with Gasteiger partial charge in [0, 0.05) is 5.41 Å². The van der Waals surface area contributed by atoms with Gasteiger partial charge in [-0.1, -0.05) is 32.9 Å². The van der Waals surface area contributed by atoms with E-state index in [9.17, 15) is 9.59 Å². The van der Waals surface area contributed by atoms with Crippen LogP contribution in [0.4, 0.5) is 0 Å². The zero-order valence-electron chi connectivity index (χ0n) is 11.2. The van der Waals surface area contributed by atoms with Gasteiger partial charge >= 0.3 is 0 Å². The van der Waals surface area contributed by atoms with Gasteiger partial charge in [-0.25, -0.2) is 0 Å². The quantitative estimate of drug-likeness (QED) is 0.894. The Morgan fingerprint density at radius 1 is 1.22 bits per heavy atom. The van der Waals surface area contributed by atoms with Crippen molar-refractivity contribution >= 4 is 11.8 Å². The van der Waals surface area contributed by atoms with E-state index in [-0.39, 0.29) is 5.91 Å². The third-order valence-corrected chi connectivity index (χ3v) is 2.34. The first-order valence-corrected chi connectivity index (χ1v) is 5.94. The minimum atomic E-state index is -0.601. The van der Waals surface area contributed by atoms with Crippen LogP contribution in [0.15, 0.2) is 24.3 Å². The predicted molar refractivity (Wildman–Crippen MR) is 69.5 cm³/mol. The van der Waals surface area contributed by atoms with E-state index in [1.54, 1.807) is 45.0 Å². The Labute approximate surface area is 107 Å². The van der Waals surface area contributed by atoms with E-state index in [1.807, 2.05) is 6.92 Å². The number of hydrogen-bond acceptors (Lipinski definition) is 3. The smallest absolute Gasteiger partial charge is 0.261 e. The Balaban J connectivity index is 2.88. The molecule has 0 heterocycles.